The zero-order valence-corrected chi connectivity index (χ0v) is 15.2. The number of nitrogens with zero attached hydrogens (tertiary/aromatic N) is 1. The van der Waals surface area contributed by atoms with E-state index in [0.29, 0.717) is 41.5 Å². The molecule has 3 N–H and O–H groups in total. The Balaban J connectivity index is 1.34. The van der Waals surface area contributed by atoms with Gasteiger partial charge < -0.3 is 16.0 Å². The summed E-state index contributed by atoms with van der Waals surface area (Å²) in [5, 5.41) is 9.30. The maximum Gasteiger partial charge on any atom is 0.256 e. The number of hydrogen-bond donors (Lipinski definition) is 3. The number of rotatable bonds is 5. The number of piperidine rings is 1. The first kappa shape index (κ1) is 17.7. The Hall–Kier alpha value is -2.73. The van der Waals surface area contributed by atoms with E-state index in [0.717, 1.165) is 12.8 Å². The van der Waals surface area contributed by atoms with Crippen LogP contribution < -0.4 is 16.0 Å². The molecule has 2 fully saturated rings. The number of anilines is 2. The van der Waals surface area contributed by atoms with Crippen molar-refractivity contribution in [2.24, 2.45) is 5.92 Å². The SMILES string of the molecule is O=C(CC1CC2CCC(C1)N2)Nc1cccc(C(=O)Nc2ccccn2)c1. The number of benzene rings is 1. The lowest BCUT2D eigenvalue weighted by Crippen LogP contribution is -2.39. The van der Waals surface area contributed by atoms with Crippen molar-refractivity contribution >= 4 is 23.3 Å². The first-order valence-corrected chi connectivity index (χ1v) is 9.54. The van der Waals surface area contributed by atoms with Gasteiger partial charge in [-0.25, -0.2) is 4.98 Å². The zero-order chi connectivity index (χ0) is 18.6. The molecule has 2 bridgehead atoms. The van der Waals surface area contributed by atoms with E-state index in [-0.39, 0.29) is 11.8 Å². The molecule has 2 unspecified atom stereocenters. The van der Waals surface area contributed by atoms with Gasteiger partial charge >= 0.3 is 0 Å². The van der Waals surface area contributed by atoms with Crippen molar-refractivity contribution in [1.82, 2.24) is 10.3 Å². The fourth-order valence-electron chi connectivity index (χ4n) is 4.18. The lowest BCUT2D eigenvalue weighted by atomic mass is 9.89. The summed E-state index contributed by atoms with van der Waals surface area (Å²) in [6.07, 6.45) is 6.79. The van der Waals surface area contributed by atoms with E-state index in [9.17, 15) is 9.59 Å². The lowest BCUT2D eigenvalue weighted by molar-refractivity contribution is -0.117. The smallest absolute Gasteiger partial charge is 0.256 e. The van der Waals surface area contributed by atoms with E-state index >= 15 is 0 Å². The topological polar surface area (TPSA) is 83.1 Å². The number of fused-ring (bicyclic) bond motifs is 2. The minimum atomic E-state index is -0.250. The van der Waals surface area contributed by atoms with Crippen LogP contribution in [0.1, 0.15) is 42.5 Å². The average Bonchev–Trinajstić information content (AvgIpc) is 3.01. The van der Waals surface area contributed by atoms with Gasteiger partial charge in [-0.15, -0.1) is 0 Å². The highest BCUT2D eigenvalue weighted by Gasteiger charge is 2.34. The minimum absolute atomic E-state index is 0.0172. The van der Waals surface area contributed by atoms with E-state index in [4.69, 9.17) is 0 Å². The van der Waals surface area contributed by atoms with Gasteiger partial charge in [-0.1, -0.05) is 12.1 Å². The molecule has 0 saturated carbocycles. The van der Waals surface area contributed by atoms with E-state index in [2.05, 4.69) is 20.9 Å². The summed E-state index contributed by atoms with van der Waals surface area (Å²) >= 11 is 0. The molecule has 6 nitrogen and oxygen atoms in total. The second kappa shape index (κ2) is 7.88. The van der Waals surface area contributed by atoms with Crippen LogP contribution in [0.2, 0.25) is 0 Å². The molecule has 0 spiro atoms. The monoisotopic (exact) mass is 364 g/mol. The van der Waals surface area contributed by atoms with Crippen LogP contribution in [-0.2, 0) is 4.79 Å². The van der Waals surface area contributed by atoms with Gasteiger partial charge in [0.15, 0.2) is 0 Å². The van der Waals surface area contributed by atoms with Gasteiger partial charge in [-0.05, 0) is 61.9 Å². The van der Waals surface area contributed by atoms with Gasteiger partial charge in [0.05, 0.1) is 0 Å². The second-order valence-electron chi connectivity index (χ2n) is 7.48. The standard InChI is InChI=1S/C21H24N4O2/c26-20(12-14-10-17-7-8-18(11-14)23-17)24-16-5-3-4-15(13-16)21(27)25-19-6-1-2-9-22-19/h1-6,9,13-14,17-18,23H,7-8,10-12H2,(H,24,26)(H,22,25,27). The number of carbonyl (C=O) groups excluding carboxylic acids is 2. The number of pyridine rings is 1. The van der Waals surface area contributed by atoms with Crippen LogP contribution in [0.4, 0.5) is 11.5 Å². The molecular formula is C21H24N4O2. The van der Waals surface area contributed by atoms with Gasteiger partial charge in [0.25, 0.3) is 5.91 Å². The molecule has 4 rings (SSSR count). The second-order valence-corrected chi connectivity index (χ2v) is 7.48. The Kier molecular flexibility index (Phi) is 5.16. The van der Waals surface area contributed by atoms with Crippen LogP contribution in [0.15, 0.2) is 48.7 Å². The molecular weight excluding hydrogens is 340 g/mol. The summed E-state index contributed by atoms with van der Waals surface area (Å²) < 4.78 is 0. The molecule has 2 aromatic rings. The van der Waals surface area contributed by atoms with E-state index in [1.807, 2.05) is 12.1 Å². The average molecular weight is 364 g/mol. The quantitative estimate of drug-likeness (QED) is 0.761. The predicted molar refractivity (Wildman–Crippen MR) is 105 cm³/mol. The van der Waals surface area contributed by atoms with Crippen LogP contribution in [0.5, 0.6) is 0 Å². The molecule has 6 heteroatoms. The first-order chi connectivity index (χ1) is 13.2. The Labute approximate surface area is 158 Å². The third kappa shape index (κ3) is 4.52. The van der Waals surface area contributed by atoms with Crippen molar-refractivity contribution < 1.29 is 9.59 Å². The van der Waals surface area contributed by atoms with E-state index in [1.165, 1.54) is 12.8 Å². The summed E-state index contributed by atoms with van der Waals surface area (Å²) in [4.78, 5) is 28.9. The highest BCUT2D eigenvalue weighted by molar-refractivity contribution is 6.04. The van der Waals surface area contributed by atoms with E-state index < -0.39 is 0 Å². The van der Waals surface area contributed by atoms with Gasteiger partial charge in [-0.3, -0.25) is 9.59 Å². The summed E-state index contributed by atoms with van der Waals surface area (Å²) in [6, 6.07) is 13.5. The highest BCUT2D eigenvalue weighted by atomic mass is 16.2. The third-order valence-electron chi connectivity index (χ3n) is 5.36. The minimum Gasteiger partial charge on any atom is -0.326 e. The molecule has 2 aliphatic rings. The Morgan fingerprint density at radius 2 is 1.85 bits per heavy atom. The third-order valence-corrected chi connectivity index (χ3v) is 5.36. The fraction of sp³-hybridized carbons (Fsp3) is 0.381. The van der Waals surface area contributed by atoms with Crippen LogP contribution in [0.25, 0.3) is 0 Å². The summed E-state index contributed by atoms with van der Waals surface area (Å²) in [6.45, 7) is 0. The Morgan fingerprint density at radius 1 is 1.04 bits per heavy atom. The van der Waals surface area contributed by atoms with E-state index in [1.54, 1.807) is 36.5 Å². The van der Waals surface area contributed by atoms with Crippen molar-refractivity contribution in [3.63, 3.8) is 0 Å². The molecule has 140 valence electrons. The van der Waals surface area contributed by atoms with Gasteiger partial charge in [0.2, 0.25) is 5.91 Å². The van der Waals surface area contributed by atoms with Crippen molar-refractivity contribution in [2.75, 3.05) is 10.6 Å². The molecule has 3 heterocycles. The number of nitrogens with one attached hydrogen (secondary N) is 3. The van der Waals surface area contributed by atoms with Crippen molar-refractivity contribution in [1.29, 1.82) is 0 Å². The molecule has 2 amide bonds. The van der Waals surface area contributed by atoms with Gasteiger partial charge in [0.1, 0.15) is 5.82 Å². The highest BCUT2D eigenvalue weighted by Crippen LogP contribution is 2.32. The number of carbonyl (C=O) groups is 2. The predicted octanol–water partition coefficient (Wildman–Crippen LogP) is 3.19. The molecule has 2 aliphatic heterocycles. The zero-order valence-electron chi connectivity index (χ0n) is 15.2. The summed E-state index contributed by atoms with van der Waals surface area (Å²) in [7, 11) is 0. The molecule has 2 saturated heterocycles. The van der Waals surface area contributed by atoms with Crippen molar-refractivity contribution in [3.8, 4) is 0 Å². The number of aromatic nitrogens is 1. The van der Waals surface area contributed by atoms with Crippen LogP contribution in [-0.4, -0.2) is 28.9 Å². The summed E-state index contributed by atoms with van der Waals surface area (Å²) in [5.41, 5.74) is 1.13. The summed E-state index contributed by atoms with van der Waals surface area (Å²) in [5.74, 6) is 0.708. The Morgan fingerprint density at radius 3 is 2.59 bits per heavy atom. The number of hydrogen-bond acceptors (Lipinski definition) is 4. The van der Waals surface area contributed by atoms with Crippen LogP contribution in [0.3, 0.4) is 0 Å². The largest absolute Gasteiger partial charge is 0.326 e. The maximum absolute atomic E-state index is 12.4. The van der Waals surface area contributed by atoms with Gasteiger partial charge in [-0.2, -0.15) is 0 Å². The van der Waals surface area contributed by atoms with Crippen molar-refractivity contribution in [3.05, 3.63) is 54.2 Å². The number of amides is 2. The lowest BCUT2D eigenvalue weighted by Gasteiger charge is -2.28. The molecule has 0 aliphatic carbocycles. The molecule has 27 heavy (non-hydrogen) atoms. The normalized spacial score (nSPS) is 23.6. The van der Waals surface area contributed by atoms with Crippen molar-refractivity contribution in [2.45, 2.75) is 44.2 Å². The maximum atomic E-state index is 12.4. The molecule has 1 aromatic carbocycles. The molecule has 0 radical (unpaired) electrons. The van der Waals surface area contributed by atoms with Crippen LogP contribution in [0, 0.1) is 5.92 Å². The fourth-order valence-corrected chi connectivity index (χ4v) is 4.18. The van der Waals surface area contributed by atoms with Crippen LogP contribution >= 0.6 is 0 Å². The Bertz CT molecular complexity index is 812. The molecule has 2 atom stereocenters. The first-order valence-electron chi connectivity index (χ1n) is 9.54. The van der Waals surface area contributed by atoms with Gasteiger partial charge in [0, 0.05) is 36.0 Å². The molecule has 1 aromatic heterocycles.